The standard InChI is InChI=1S/C15H22N2O/c1-12-4-5-13(2)14(10-12)11-15(18)17-8-3-6-16-7-9-17/h4-5,10,16H,3,6-9,11H2,1-2H3. The number of carbonyl (C=O) groups excluding carboxylic acids is 1. The molecule has 18 heavy (non-hydrogen) atoms. The van der Waals surface area contributed by atoms with Crippen LogP contribution in [0, 0.1) is 13.8 Å². The van der Waals surface area contributed by atoms with Gasteiger partial charge in [-0.15, -0.1) is 0 Å². The SMILES string of the molecule is Cc1ccc(C)c(CC(=O)N2CCCNCC2)c1. The average Bonchev–Trinajstić information content (AvgIpc) is 2.62. The van der Waals surface area contributed by atoms with Crippen LogP contribution in [-0.4, -0.2) is 37.0 Å². The molecule has 0 spiro atoms. The van der Waals surface area contributed by atoms with Crippen LogP contribution in [0.2, 0.25) is 0 Å². The van der Waals surface area contributed by atoms with Crippen LogP contribution in [0.15, 0.2) is 18.2 Å². The number of nitrogens with zero attached hydrogens (tertiary/aromatic N) is 1. The van der Waals surface area contributed by atoms with Gasteiger partial charge in [0.15, 0.2) is 0 Å². The molecule has 0 saturated carbocycles. The van der Waals surface area contributed by atoms with Gasteiger partial charge in [0.25, 0.3) is 0 Å². The maximum absolute atomic E-state index is 12.3. The molecule has 1 saturated heterocycles. The van der Waals surface area contributed by atoms with Crippen molar-refractivity contribution in [3.05, 3.63) is 34.9 Å². The Morgan fingerprint density at radius 3 is 2.94 bits per heavy atom. The average molecular weight is 246 g/mol. The summed E-state index contributed by atoms with van der Waals surface area (Å²) in [5.74, 6) is 0.257. The van der Waals surface area contributed by atoms with Gasteiger partial charge in [-0.2, -0.15) is 0 Å². The van der Waals surface area contributed by atoms with Crippen molar-refractivity contribution in [3.63, 3.8) is 0 Å². The van der Waals surface area contributed by atoms with E-state index in [1.807, 2.05) is 4.90 Å². The van der Waals surface area contributed by atoms with Gasteiger partial charge in [-0.3, -0.25) is 4.79 Å². The van der Waals surface area contributed by atoms with Crippen molar-refractivity contribution in [1.82, 2.24) is 10.2 Å². The third-order valence-electron chi connectivity index (χ3n) is 3.54. The highest BCUT2D eigenvalue weighted by atomic mass is 16.2. The van der Waals surface area contributed by atoms with Crippen molar-refractivity contribution in [2.45, 2.75) is 26.7 Å². The Morgan fingerprint density at radius 2 is 2.11 bits per heavy atom. The van der Waals surface area contributed by atoms with E-state index in [0.29, 0.717) is 6.42 Å². The van der Waals surface area contributed by atoms with Gasteiger partial charge in [0, 0.05) is 19.6 Å². The Bertz CT molecular complexity index is 421. The van der Waals surface area contributed by atoms with E-state index in [-0.39, 0.29) is 5.91 Å². The number of hydrogen-bond acceptors (Lipinski definition) is 2. The molecule has 98 valence electrons. The molecule has 1 amide bonds. The molecule has 0 atom stereocenters. The lowest BCUT2D eigenvalue weighted by Gasteiger charge is -2.20. The molecule has 0 unspecified atom stereocenters. The third kappa shape index (κ3) is 3.33. The molecule has 1 fully saturated rings. The first kappa shape index (κ1) is 13.1. The van der Waals surface area contributed by atoms with E-state index in [1.165, 1.54) is 11.1 Å². The van der Waals surface area contributed by atoms with E-state index in [0.717, 1.165) is 38.2 Å². The molecule has 0 bridgehead atoms. The van der Waals surface area contributed by atoms with Crippen LogP contribution in [0.5, 0.6) is 0 Å². The fourth-order valence-corrected chi connectivity index (χ4v) is 2.36. The van der Waals surface area contributed by atoms with Crippen molar-refractivity contribution in [1.29, 1.82) is 0 Å². The molecule has 1 heterocycles. The van der Waals surface area contributed by atoms with Gasteiger partial charge >= 0.3 is 0 Å². The minimum atomic E-state index is 0.257. The molecule has 1 aromatic carbocycles. The summed E-state index contributed by atoms with van der Waals surface area (Å²) in [7, 11) is 0. The summed E-state index contributed by atoms with van der Waals surface area (Å²) >= 11 is 0. The number of nitrogens with one attached hydrogen (secondary N) is 1. The molecule has 0 aliphatic carbocycles. The molecule has 1 N–H and O–H groups in total. The normalized spacial score (nSPS) is 16.4. The second-order valence-electron chi connectivity index (χ2n) is 5.09. The minimum absolute atomic E-state index is 0.257. The molecule has 1 aliphatic rings. The summed E-state index contributed by atoms with van der Waals surface area (Å²) in [6.45, 7) is 7.81. The zero-order chi connectivity index (χ0) is 13.0. The van der Waals surface area contributed by atoms with Gasteiger partial charge in [0.2, 0.25) is 5.91 Å². The van der Waals surface area contributed by atoms with Crippen LogP contribution in [0.3, 0.4) is 0 Å². The molecular weight excluding hydrogens is 224 g/mol. The molecule has 0 aromatic heterocycles. The van der Waals surface area contributed by atoms with Crippen LogP contribution in [0.1, 0.15) is 23.1 Å². The van der Waals surface area contributed by atoms with E-state index in [4.69, 9.17) is 0 Å². The molecular formula is C15H22N2O. The largest absolute Gasteiger partial charge is 0.341 e. The number of amides is 1. The third-order valence-corrected chi connectivity index (χ3v) is 3.54. The summed E-state index contributed by atoms with van der Waals surface area (Å²) in [5, 5.41) is 3.32. The monoisotopic (exact) mass is 246 g/mol. The molecule has 1 aromatic rings. The second kappa shape index (κ2) is 6.01. The Kier molecular flexibility index (Phi) is 4.37. The van der Waals surface area contributed by atoms with Crippen molar-refractivity contribution in [2.75, 3.05) is 26.2 Å². The van der Waals surface area contributed by atoms with Gasteiger partial charge in [0.1, 0.15) is 0 Å². The second-order valence-corrected chi connectivity index (χ2v) is 5.09. The number of hydrogen-bond donors (Lipinski definition) is 1. The lowest BCUT2D eigenvalue weighted by atomic mass is 10.0. The lowest BCUT2D eigenvalue weighted by molar-refractivity contribution is -0.130. The Hall–Kier alpha value is -1.35. The van der Waals surface area contributed by atoms with Gasteiger partial charge in [-0.1, -0.05) is 23.8 Å². The quantitative estimate of drug-likeness (QED) is 0.861. The molecule has 2 rings (SSSR count). The highest BCUT2D eigenvalue weighted by Crippen LogP contribution is 2.13. The Labute approximate surface area is 109 Å². The number of carbonyl (C=O) groups is 1. The number of rotatable bonds is 2. The van der Waals surface area contributed by atoms with Crippen molar-refractivity contribution in [2.24, 2.45) is 0 Å². The molecule has 1 aliphatic heterocycles. The summed E-state index contributed by atoms with van der Waals surface area (Å²) in [4.78, 5) is 14.3. The summed E-state index contributed by atoms with van der Waals surface area (Å²) in [6, 6.07) is 6.32. The van der Waals surface area contributed by atoms with Crippen LogP contribution in [0.25, 0.3) is 0 Å². The van der Waals surface area contributed by atoms with E-state index in [9.17, 15) is 4.79 Å². The Balaban J connectivity index is 2.03. The number of benzene rings is 1. The number of aryl methyl sites for hydroxylation is 2. The Morgan fingerprint density at radius 1 is 1.28 bits per heavy atom. The summed E-state index contributed by atoms with van der Waals surface area (Å²) in [6.07, 6.45) is 1.59. The van der Waals surface area contributed by atoms with Crippen LogP contribution in [-0.2, 0) is 11.2 Å². The predicted octanol–water partition coefficient (Wildman–Crippen LogP) is 1.67. The van der Waals surface area contributed by atoms with E-state index in [1.54, 1.807) is 0 Å². The smallest absolute Gasteiger partial charge is 0.227 e. The predicted molar refractivity (Wildman–Crippen MR) is 73.7 cm³/mol. The van der Waals surface area contributed by atoms with Crippen LogP contribution >= 0.6 is 0 Å². The maximum atomic E-state index is 12.3. The first-order chi connectivity index (χ1) is 8.66. The highest BCUT2D eigenvalue weighted by molar-refractivity contribution is 5.79. The van der Waals surface area contributed by atoms with Crippen molar-refractivity contribution >= 4 is 5.91 Å². The van der Waals surface area contributed by atoms with Crippen molar-refractivity contribution in [3.8, 4) is 0 Å². The lowest BCUT2D eigenvalue weighted by Crippen LogP contribution is -2.35. The molecule has 3 nitrogen and oxygen atoms in total. The maximum Gasteiger partial charge on any atom is 0.227 e. The van der Waals surface area contributed by atoms with Gasteiger partial charge < -0.3 is 10.2 Å². The van der Waals surface area contributed by atoms with Gasteiger partial charge in [0.05, 0.1) is 6.42 Å². The first-order valence-electron chi connectivity index (χ1n) is 6.71. The van der Waals surface area contributed by atoms with Crippen LogP contribution < -0.4 is 5.32 Å². The van der Waals surface area contributed by atoms with Gasteiger partial charge in [-0.25, -0.2) is 0 Å². The van der Waals surface area contributed by atoms with E-state index < -0.39 is 0 Å². The summed E-state index contributed by atoms with van der Waals surface area (Å²) in [5.41, 5.74) is 3.60. The highest BCUT2D eigenvalue weighted by Gasteiger charge is 2.16. The first-order valence-corrected chi connectivity index (χ1v) is 6.71. The zero-order valence-corrected chi connectivity index (χ0v) is 11.3. The van der Waals surface area contributed by atoms with Crippen LogP contribution in [0.4, 0.5) is 0 Å². The van der Waals surface area contributed by atoms with E-state index in [2.05, 4.69) is 37.4 Å². The molecule has 0 radical (unpaired) electrons. The fourth-order valence-electron chi connectivity index (χ4n) is 2.36. The van der Waals surface area contributed by atoms with E-state index >= 15 is 0 Å². The molecule has 3 heteroatoms. The zero-order valence-electron chi connectivity index (χ0n) is 11.3. The van der Waals surface area contributed by atoms with Gasteiger partial charge in [-0.05, 0) is 37.9 Å². The topological polar surface area (TPSA) is 32.3 Å². The minimum Gasteiger partial charge on any atom is -0.341 e. The fraction of sp³-hybridized carbons (Fsp3) is 0.533. The van der Waals surface area contributed by atoms with Crippen molar-refractivity contribution < 1.29 is 4.79 Å². The summed E-state index contributed by atoms with van der Waals surface area (Å²) < 4.78 is 0.